The Labute approximate surface area is 205 Å². The monoisotopic (exact) mass is 468 g/mol. The second-order valence-corrected chi connectivity index (χ2v) is 13.5. The van der Waals surface area contributed by atoms with Crippen LogP contribution in [0.1, 0.15) is 91.9 Å². The maximum atomic E-state index is 11.8. The molecule has 0 aromatic heterocycles. The molecule has 0 heterocycles. The molecule has 8 aliphatic rings. The lowest BCUT2D eigenvalue weighted by Crippen LogP contribution is -2.58. The molecule has 34 heavy (non-hydrogen) atoms. The molecule has 8 fully saturated rings. The molecule has 1 N–H and O–H groups in total. The van der Waals surface area contributed by atoms with Crippen molar-refractivity contribution in [3.63, 3.8) is 0 Å². The molecule has 188 valence electrons. The number of allylic oxidation sites excluding steroid dienone is 1. The van der Waals surface area contributed by atoms with Gasteiger partial charge in [-0.3, -0.25) is 0 Å². The minimum Gasteiger partial charge on any atom is -0.478 e. The summed E-state index contributed by atoms with van der Waals surface area (Å²) in [5.74, 6) is 5.46. The molecule has 0 radical (unpaired) electrons. The van der Waals surface area contributed by atoms with Gasteiger partial charge in [-0.15, -0.1) is 0 Å². The number of esters is 1. The van der Waals surface area contributed by atoms with Crippen molar-refractivity contribution < 1.29 is 19.4 Å². The number of carbonyl (C=O) groups is 2. The molecular formula is C30H44O4. The van der Waals surface area contributed by atoms with Crippen LogP contribution >= 0.6 is 0 Å². The van der Waals surface area contributed by atoms with Crippen molar-refractivity contribution in [2.24, 2.45) is 52.8 Å². The summed E-state index contributed by atoms with van der Waals surface area (Å²) >= 11 is 0. The SMILES string of the molecule is C=C(C)C(=O)OC1(C)C2CC3CC(C2)CC1C3.CC(=CC1(C)C2CC3CC(C2)CC1C3)C(=O)O. The van der Waals surface area contributed by atoms with Crippen LogP contribution in [0.3, 0.4) is 0 Å². The molecule has 0 aliphatic heterocycles. The van der Waals surface area contributed by atoms with Gasteiger partial charge in [0.25, 0.3) is 0 Å². The predicted octanol–water partition coefficient (Wildman–Crippen LogP) is 6.80. The van der Waals surface area contributed by atoms with E-state index in [0.29, 0.717) is 23.0 Å². The lowest BCUT2D eigenvalue weighted by atomic mass is 9.46. The highest BCUT2D eigenvalue weighted by atomic mass is 16.6. The van der Waals surface area contributed by atoms with E-state index in [1.807, 2.05) is 0 Å². The quantitative estimate of drug-likeness (QED) is 0.364. The van der Waals surface area contributed by atoms with E-state index >= 15 is 0 Å². The lowest BCUT2D eigenvalue weighted by Gasteiger charge is -2.59. The maximum absolute atomic E-state index is 11.8. The van der Waals surface area contributed by atoms with Crippen LogP contribution in [-0.4, -0.2) is 22.6 Å². The van der Waals surface area contributed by atoms with Gasteiger partial charge in [0.2, 0.25) is 0 Å². The molecular weight excluding hydrogens is 424 g/mol. The topological polar surface area (TPSA) is 63.6 Å². The van der Waals surface area contributed by atoms with Crippen LogP contribution in [0.4, 0.5) is 0 Å². The summed E-state index contributed by atoms with van der Waals surface area (Å²) in [4.78, 5) is 22.9. The lowest BCUT2D eigenvalue weighted by molar-refractivity contribution is -0.199. The molecule has 0 unspecified atom stereocenters. The van der Waals surface area contributed by atoms with Gasteiger partial charge >= 0.3 is 11.9 Å². The zero-order valence-electron chi connectivity index (χ0n) is 21.6. The number of carboxylic acids is 1. The summed E-state index contributed by atoms with van der Waals surface area (Å²) in [6.07, 6.45) is 15.4. The Kier molecular flexibility index (Phi) is 6.05. The van der Waals surface area contributed by atoms with Gasteiger partial charge in [0.05, 0.1) is 0 Å². The number of hydrogen-bond acceptors (Lipinski definition) is 3. The highest BCUT2D eigenvalue weighted by Crippen LogP contribution is 2.63. The van der Waals surface area contributed by atoms with Crippen molar-refractivity contribution in [2.75, 3.05) is 0 Å². The Morgan fingerprint density at radius 1 is 0.765 bits per heavy atom. The van der Waals surface area contributed by atoms with E-state index in [2.05, 4.69) is 26.5 Å². The molecule has 4 heteroatoms. The Morgan fingerprint density at radius 2 is 1.15 bits per heavy atom. The van der Waals surface area contributed by atoms with Crippen LogP contribution in [0.2, 0.25) is 0 Å². The Bertz CT molecular complexity index is 839. The Morgan fingerprint density at radius 3 is 1.50 bits per heavy atom. The maximum Gasteiger partial charge on any atom is 0.333 e. The van der Waals surface area contributed by atoms with E-state index in [1.54, 1.807) is 13.8 Å². The van der Waals surface area contributed by atoms with Crippen molar-refractivity contribution in [2.45, 2.75) is 97.5 Å². The van der Waals surface area contributed by atoms with Gasteiger partial charge in [-0.25, -0.2) is 9.59 Å². The number of ether oxygens (including phenoxy) is 1. The highest BCUT2D eigenvalue weighted by Gasteiger charge is 2.57. The second kappa shape index (κ2) is 8.52. The molecule has 4 nitrogen and oxygen atoms in total. The van der Waals surface area contributed by atoms with Crippen LogP contribution in [0.5, 0.6) is 0 Å². The Balaban J connectivity index is 0.000000142. The molecule has 0 atom stereocenters. The van der Waals surface area contributed by atoms with Gasteiger partial charge in [-0.05, 0) is 138 Å². The zero-order chi connectivity index (χ0) is 24.4. The summed E-state index contributed by atoms with van der Waals surface area (Å²) in [7, 11) is 0. The summed E-state index contributed by atoms with van der Waals surface area (Å²) in [5, 5.41) is 9.08. The van der Waals surface area contributed by atoms with E-state index in [0.717, 1.165) is 35.5 Å². The Hall–Kier alpha value is -1.58. The molecule has 0 saturated heterocycles. The number of hydrogen-bond donors (Lipinski definition) is 1. The van der Waals surface area contributed by atoms with Crippen molar-refractivity contribution >= 4 is 11.9 Å². The van der Waals surface area contributed by atoms with Gasteiger partial charge in [0, 0.05) is 11.1 Å². The molecule has 0 aromatic carbocycles. The molecule has 0 amide bonds. The van der Waals surface area contributed by atoms with Crippen molar-refractivity contribution in [3.05, 3.63) is 23.8 Å². The van der Waals surface area contributed by atoms with Gasteiger partial charge in [0.1, 0.15) is 5.60 Å². The fourth-order valence-corrected chi connectivity index (χ4v) is 9.54. The highest BCUT2D eigenvalue weighted by molar-refractivity contribution is 5.87. The first-order chi connectivity index (χ1) is 16.0. The normalized spacial score (nSPS) is 47.7. The third-order valence-corrected chi connectivity index (χ3v) is 11.2. The number of carbonyl (C=O) groups excluding carboxylic acids is 1. The first-order valence-corrected chi connectivity index (χ1v) is 13.8. The standard InChI is InChI=1S/2C15H22O2/c1-9(14(16)17)8-15(2)12-4-10-3-11(6-12)7-13(15)5-10;1-9(2)14(16)17-15(3)12-5-10-4-11(7-12)8-13(15)6-10/h8,10-13H,3-7H2,1-2H3,(H,16,17);10-13H,1,4-8H2,2-3H3. The molecule has 0 aromatic rings. The number of aliphatic carboxylic acids is 1. The molecule has 8 rings (SSSR count). The first-order valence-electron chi connectivity index (χ1n) is 13.8. The third-order valence-electron chi connectivity index (χ3n) is 11.2. The van der Waals surface area contributed by atoms with Crippen molar-refractivity contribution in [1.29, 1.82) is 0 Å². The third kappa shape index (κ3) is 4.07. The fourth-order valence-electron chi connectivity index (χ4n) is 9.54. The summed E-state index contributed by atoms with van der Waals surface area (Å²) < 4.78 is 5.84. The summed E-state index contributed by atoms with van der Waals surface area (Å²) in [5.41, 5.74) is 1.03. The van der Waals surface area contributed by atoms with Crippen LogP contribution in [0.25, 0.3) is 0 Å². The van der Waals surface area contributed by atoms with Gasteiger partial charge in [-0.1, -0.05) is 19.6 Å². The first kappa shape index (κ1) is 24.1. The molecule has 8 aliphatic carbocycles. The van der Waals surface area contributed by atoms with Crippen molar-refractivity contribution in [3.8, 4) is 0 Å². The average Bonchev–Trinajstić information content (AvgIpc) is 2.75. The molecule has 8 saturated carbocycles. The average molecular weight is 469 g/mol. The van der Waals surface area contributed by atoms with Gasteiger partial charge < -0.3 is 9.84 Å². The van der Waals surface area contributed by atoms with Crippen molar-refractivity contribution in [1.82, 2.24) is 0 Å². The smallest absolute Gasteiger partial charge is 0.333 e. The van der Waals surface area contributed by atoms with E-state index < -0.39 is 5.97 Å². The molecule has 8 bridgehead atoms. The van der Waals surface area contributed by atoms with E-state index in [1.165, 1.54) is 64.2 Å². The van der Waals surface area contributed by atoms with Gasteiger partial charge in [-0.2, -0.15) is 0 Å². The summed E-state index contributed by atoms with van der Waals surface area (Å²) in [6, 6.07) is 0. The van der Waals surface area contributed by atoms with Crippen LogP contribution < -0.4 is 0 Å². The van der Waals surface area contributed by atoms with E-state index in [4.69, 9.17) is 9.84 Å². The number of carboxylic acid groups (broad SMARTS) is 1. The largest absolute Gasteiger partial charge is 0.478 e. The fraction of sp³-hybridized carbons (Fsp3) is 0.800. The van der Waals surface area contributed by atoms with Gasteiger partial charge in [0.15, 0.2) is 0 Å². The number of rotatable bonds is 4. The summed E-state index contributed by atoms with van der Waals surface area (Å²) in [6.45, 7) is 11.7. The zero-order valence-corrected chi connectivity index (χ0v) is 21.6. The van der Waals surface area contributed by atoms with E-state index in [9.17, 15) is 9.59 Å². The minimum atomic E-state index is -0.750. The van der Waals surface area contributed by atoms with E-state index in [-0.39, 0.29) is 17.0 Å². The molecule has 0 spiro atoms. The predicted molar refractivity (Wildman–Crippen MR) is 133 cm³/mol. The second-order valence-electron chi connectivity index (χ2n) is 13.5. The minimum absolute atomic E-state index is 0.163. The van der Waals surface area contributed by atoms with Crippen LogP contribution in [0, 0.1) is 52.8 Å². The van der Waals surface area contributed by atoms with Crippen LogP contribution in [0.15, 0.2) is 23.8 Å². The van der Waals surface area contributed by atoms with Crippen LogP contribution in [-0.2, 0) is 14.3 Å².